The van der Waals surface area contributed by atoms with E-state index >= 15 is 0 Å². The Hall–Kier alpha value is -6.43. The molecule has 1 aliphatic carbocycles. The predicted molar refractivity (Wildman–Crippen MR) is 221 cm³/mol. The van der Waals surface area contributed by atoms with Crippen LogP contribution < -0.4 is 0 Å². The maximum Gasteiger partial charge on any atom is 0.164 e. The van der Waals surface area contributed by atoms with Crippen molar-refractivity contribution in [1.29, 1.82) is 0 Å². The van der Waals surface area contributed by atoms with Gasteiger partial charge in [0.05, 0.1) is 23.6 Å². The maximum absolute atomic E-state index is 8.70. The normalized spacial score (nSPS) is 14.6. The molecule has 0 unspecified atom stereocenters. The highest BCUT2D eigenvalue weighted by Gasteiger charge is 2.38. The van der Waals surface area contributed by atoms with Crippen molar-refractivity contribution in [2.75, 3.05) is 0 Å². The van der Waals surface area contributed by atoms with Gasteiger partial charge in [-0.05, 0) is 46.5 Å². The Bertz CT molecular complexity index is 3360. The second-order valence-electron chi connectivity index (χ2n) is 14.0. The lowest BCUT2D eigenvalue weighted by atomic mass is 9.81. The second-order valence-corrected chi connectivity index (χ2v) is 15.1. The Morgan fingerprint density at radius 3 is 2.13 bits per heavy atom. The number of rotatable bonds is 4. The fourth-order valence-electron chi connectivity index (χ4n) is 8.39. The van der Waals surface area contributed by atoms with Crippen LogP contribution in [0.25, 0.3) is 93.0 Å². The summed E-state index contributed by atoms with van der Waals surface area (Å²) in [5.74, 6) is 0.702. The van der Waals surface area contributed by atoms with Crippen molar-refractivity contribution in [3.05, 3.63) is 169 Å². The van der Waals surface area contributed by atoms with Gasteiger partial charge in [0.25, 0.3) is 0 Å². The topological polar surface area (TPSA) is 43.6 Å². The van der Waals surface area contributed by atoms with Gasteiger partial charge >= 0.3 is 0 Å². The Labute approximate surface area is 317 Å². The van der Waals surface area contributed by atoms with E-state index < -0.39 is 18.1 Å². The first kappa shape index (κ1) is 25.5. The van der Waals surface area contributed by atoms with Crippen LogP contribution in [-0.4, -0.2) is 19.5 Å². The minimum Gasteiger partial charge on any atom is -0.308 e. The molecule has 0 fully saturated rings. The zero-order chi connectivity index (χ0) is 39.6. The third kappa shape index (κ3) is 4.44. The average Bonchev–Trinajstić information content (AvgIpc) is 3.87. The molecule has 0 aliphatic heterocycles. The second kappa shape index (κ2) is 11.3. The SMILES string of the molecule is [2H]c1c([2H])c([2H])c(-c2nc(-c3ccccc3)nc(-c3ccc4c(c3)sc3cccc(-n5c6ccccc6c6ccc7c(c65)C(C)(C)c5ccccc5-7)c34)n2)c([2H])c1[2H]. The molecular weight excluding hydrogens is 665 g/mol. The molecule has 0 spiro atoms. The summed E-state index contributed by atoms with van der Waals surface area (Å²) in [6.07, 6.45) is 0. The largest absolute Gasteiger partial charge is 0.308 e. The molecule has 0 amide bonds. The van der Waals surface area contributed by atoms with E-state index in [0.717, 1.165) is 42.5 Å². The summed E-state index contributed by atoms with van der Waals surface area (Å²) in [4.78, 5) is 14.4. The molecule has 10 aromatic rings. The van der Waals surface area contributed by atoms with Crippen LogP contribution in [0.4, 0.5) is 0 Å². The number of hydrogen-bond acceptors (Lipinski definition) is 4. The van der Waals surface area contributed by atoms with Gasteiger partial charge in [0.2, 0.25) is 0 Å². The molecule has 0 radical (unpaired) electrons. The first-order chi connectivity index (χ1) is 28.1. The van der Waals surface area contributed by atoms with E-state index in [1.807, 2.05) is 36.4 Å². The number of hydrogen-bond donors (Lipinski definition) is 0. The van der Waals surface area contributed by atoms with Crippen LogP contribution >= 0.6 is 11.3 Å². The summed E-state index contributed by atoms with van der Waals surface area (Å²) < 4.78 is 46.9. The molecule has 0 saturated heterocycles. The summed E-state index contributed by atoms with van der Waals surface area (Å²) in [6, 6.07) is 42.2. The van der Waals surface area contributed by atoms with E-state index in [0.29, 0.717) is 11.6 Å². The molecule has 7 aromatic carbocycles. The highest BCUT2D eigenvalue weighted by Crippen LogP contribution is 2.53. The summed E-state index contributed by atoms with van der Waals surface area (Å²) in [7, 11) is 0. The molecule has 250 valence electrons. The zero-order valence-electron chi connectivity index (χ0n) is 33.8. The van der Waals surface area contributed by atoms with Gasteiger partial charge in [-0.2, -0.15) is 0 Å². The zero-order valence-corrected chi connectivity index (χ0v) is 29.6. The molecular formula is C48H32N4S. The molecule has 3 aromatic heterocycles. The fraction of sp³-hybridized carbons (Fsp3) is 0.0625. The quantitative estimate of drug-likeness (QED) is 0.183. The predicted octanol–water partition coefficient (Wildman–Crippen LogP) is 12.6. The van der Waals surface area contributed by atoms with Crippen molar-refractivity contribution in [3.63, 3.8) is 0 Å². The van der Waals surface area contributed by atoms with E-state index in [1.54, 1.807) is 11.3 Å². The Morgan fingerprint density at radius 1 is 0.566 bits per heavy atom. The van der Waals surface area contributed by atoms with Gasteiger partial charge < -0.3 is 4.57 Å². The smallest absolute Gasteiger partial charge is 0.164 e. The van der Waals surface area contributed by atoms with E-state index in [9.17, 15) is 0 Å². The van der Waals surface area contributed by atoms with Crippen molar-refractivity contribution in [2.24, 2.45) is 0 Å². The highest BCUT2D eigenvalue weighted by atomic mass is 32.1. The lowest BCUT2D eigenvalue weighted by Gasteiger charge is -2.24. The minimum absolute atomic E-state index is 0.0172. The molecule has 3 heterocycles. The maximum atomic E-state index is 8.70. The summed E-state index contributed by atoms with van der Waals surface area (Å²) >= 11 is 1.70. The summed E-state index contributed by atoms with van der Waals surface area (Å²) in [5.41, 5.74) is 9.89. The molecule has 5 heteroatoms. The molecule has 53 heavy (non-hydrogen) atoms. The van der Waals surface area contributed by atoms with E-state index in [2.05, 4.69) is 114 Å². The van der Waals surface area contributed by atoms with Crippen molar-refractivity contribution in [2.45, 2.75) is 19.3 Å². The van der Waals surface area contributed by atoms with Crippen molar-refractivity contribution in [3.8, 4) is 51.0 Å². The number of fused-ring (bicyclic) bond motifs is 10. The van der Waals surface area contributed by atoms with Crippen molar-refractivity contribution in [1.82, 2.24) is 19.5 Å². The average molecular weight is 702 g/mol. The van der Waals surface area contributed by atoms with Gasteiger partial charge in [0.1, 0.15) is 0 Å². The van der Waals surface area contributed by atoms with Gasteiger partial charge in [-0.1, -0.05) is 147 Å². The van der Waals surface area contributed by atoms with E-state index in [4.69, 9.17) is 16.8 Å². The number of para-hydroxylation sites is 1. The van der Waals surface area contributed by atoms with Crippen LogP contribution in [-0.2, 0) is 5.41 Å². The van der Waals surface area contributed by atoms with Crippen LogP contribution in [0.3, 0.4) is 0 Å². The third-order valence-electron chi connectivity index (χ3n) is 10.7. The lowest BCUT2D eigenvalue weighted by Crippen LogP contribution is -2.16. The lowest BCUT2D eigenvalue weighted by molar-refractivity contribution is 0.664. The molecule has 0 N–H and O–H groups in total. The summed E-state index contributed by atoms with van der Waals surface area (Å²) in [6.45, 7) is 4.68. The van der Waals surface area contributed by atoms with Gasteiger partial charge in [-0.3, -0.25) is 0 Å². The molecule has 0 atom stereocenters. The van der Waals surface area contributed by atoms with E-state index in [1.165, 1.54) is 38.5 Å². The van der Waals surface area contributed by atoms with Crippen molar-refractivity contribution >= 4 is 53.3 Å². The van der Waals surface area contributed by atoms with Gasteiger partial charge in [-0.25, -0.2) is 15.0 Å². The molecule has 1 aliphatic rings. The number of nitrogens with zero attached hydrogens (tertiary/aromatic N) is 4. The fourth-order valence-corrected chi connectivity index (χ4v) is 9.56. The van der Waals surface area contributed by atoms with Gasteiger partial charge in [0, 0.05) is 53.1 Å². The Balaban J connectivity index is 1.14. The highest BCUT2D eigenvalue weighted by molar-refractivity contribution is 7.26. The molecule has 11 rings (SSSR count). The van der Waals surface area contributed by atoms with Crippen LogP contribution in [0.5, 0.6) is 0 Å². The minimum atomic E-state index is -0.468. The van der Waals surface area contributed by atoms with E-state index in [-0.39, 0.29) is 28.9 Å². The van der Waals surface area contributed by atoms with Crippen molar-refractivity contribution < 1.29 is 6.85 Å². The van der Waals surface area contributed by atoms with Gasteiger partial charge in [-0.15, -0.1) is 11.3 Å². The Morgan fingerprint density at radius 2 is 1.28 bits per heavy atom. The van der Waals surface area contributed by atoms with Crippen LogP contribution in [0.1, 0.15) is 31.8 Å². The molecule has 0 saturated carbocycles. The third-order valence-corrected chi connectivity index (χ3v) is 11.8. The standard InChI is InChI=1S/C48H32N4S/c1-48(2)37-20-11-9-18-32(37)34-26-27-35-33-19-10-12-21-38(33)52(44(35)43(34)48)39-22-13-23-40-42(39)36-25-24-31(28-41(36)53-40)47-50-45(29-14-5-3-6-15-29)49-46(51-47)30-16-7-4-8-17-30/h3-28H,1-2H3/i3D,5D,6D,14D,15D. The molecule has 0 bridgehead atoms. The number of thiophene rings is 1. The Kier molecular flexibility index (Phi) is 5.43. The van der Waals surface area contributed by atoms with Crippen LogP contribution in [0.15, 0.2) is 158 Å². The van der Waals surface area contributed by atoms with Crippen LogP contribution in [0, 0.1) is 0 Å². The molecule has 4 nitrogen and oxygen atoms in total. The number of aromatic nitrogens is 4. The number of benzene rings is 7. The first-order valence-corrected chi connectivity index (χ1v) is 18.4. The van der Waals surface area contributed by atoms with Gasteiger partial charge in [0.15, 0.2) is 17.5 Å². The van der Waals surface area contributed by atoms with Crippen LogP contribution in [0.2, 0.25) is 0 Å². The monoisotopic (exact) mass is 701 g/mol. The first-order valence-electron chi connectivity index (χ1n) is 20.1. The summed E-state index contributed by atoms with van der Waals surface area (Å²) in [5, 5.41) is 4.70.